The van der Waals surface area contributed by atoms with Gasteiger partial charge in [-0.1, -0.05) is 27.7 Å². The summed E-state index contributed by atoms with van der Waals surface area (Å²) in [5, 5.41) is 6.93. The van der Waals surface area contributed by atoms with Crippen LogP contribution in [0.2, 0.25) is 0 Å². The first-order valence-corrected chi connectivity index (χ1v) is 8.52. The van der Waals surface area contributed by atoms with Crippen LogP contribution >= 0.6 is 11.3 Å². The summed E-state index contributed by atoms with van der Waals surface area (Å²) in [4.78, 5) is 4.81. The van der Waals surface area contributed by atoms with Crippen molar-refractivity contribution in [2.75, 3.05) is 6.54 Å². The molecule has 0 aliphatic heterocycles. The van der Waals surface area contributed by atoms with E-state index < -0.39 is 0 Å². The summed E-state index contributed by atoms with van der Waals surface area (Å²) in [5.41, 5.74) is 2.49. The molecule has 0 spiro atoms. The predicted molar refractivity (Wildman–Crippen MR) is 89.0 cm³/mol. The maximum atomic E-state index is 5.68. The predicted octanol–water partition coefficient (Wildman–Crippen LogP) is 4.63. The Hall–Kier alpha value is -1.13. The van der Waals surface area contributed by atoms with Crippen molar-refractivity contribution in [2.24, 2.45) is 0 Å². The average Bonchev–Trinajstić information content (AvgIpc) is 3.02. The summed E-state index contributed by atoms with van der Waals surface area (Å²) in [5.74, 6) is 1.04. The number of rotatable bonds is 6. The molecule has 0 radical (unpaired) electrons. The van der Waals surface area contributed by atoms with Crippen molar-refractivity contribution < 1.29 is 4.42 Å². The first-order chi connectivity index (χ1) is 9.91. The summed E-state index contributed by atoms with van der Waals surface area (Å²) in [7, 11) is 0. The van der Waals surface area contributed by atoms with Crippen LogP contribution in [0.25, 0.3) is 0 Å². The second-order valence-electron chi connectivity index (χ2n) is 6.56. The second kappa shape index (κ2) is 6.75. The normalized spacial score (nSPS) is 13.6. The van der Waals surface area contributed by atoms with Gasteiger partial charge in [-0.25, -0.2) is 4.98 Å². The number of nitrogens with zero attached hydrogens (tertiary/aromatic N) is 1. The summed E-state index contributed by atoms with van der Waals surface area (Å²) < 4.78 is 5.68. The topological polar surface area (TPSA) is 38.1 Å². The molecule has 2 aromatic heterocycles. The molecular formula is C17H26N2OS. The Kier molecular flexibility index (Phi) is 5.22. The van der Waals surface area contributed by atoms with Crippen LogP contribution in [-0.4, -0.2) is 11.5 Å². The number of nitrogens with one attached hydrogen (secondary N) is 1. The van der Waals surface area contributed by atoms with Gasteiger partial charge in [-0.2, -0.15) is 0 Å². The van der Waals surface area contributed by atoms with Crippen molar-refractivity contribution in [2.45, 2.75) is 58.9 Å². The average molecular weight is 306 g/mol. The van der Waals surface area contributed by atoms with Crippen LogP contribution in [0.3, 0.4) is 0 Å². The molecule has 116 valence electrons. The lowest BCUT2D eigenvalue weighted by molar-refractivity contribution is 0.407. The molecule has 0 saturated carbocycles. The van der Waals surface area contributed by atoms with Gasteiger partial charge in [0.05, 0.1) is 23.0 Å². The number of thiazole rings is 1. The van der Waals surface area contributed by atoms with E-state index in [1.54, 1.807) is 17.6 Å². The lowest BCUT2D eigenvalue weighted by Crippen LogP contribution is -2.24. The zero-order chi connectivity index (χ0) is 15.5. The van der Waals surface area contributed by atoms with Gasteiger partial charge in [-0.05, 0) is 31.5 Å². The van der Waals surface area contributed by atoms with E-state index in [0.717, 1.165) is 25.1 Å². The van der Waals surface area contributed by atoms with Crippen LogP contribution in [0.5, 0.6) is 0 Å². The van der Waals surface area contributed by atoms with E-state index in [9.17, 15) is 0 Å². The Labute approximate surface area is 131 Å². The van der Waals surface area contributed by atoms with Crippen molar-refractivity contribution in [3.63, 3.8) is 0 Å². The number of aromatic nitrogens is 1. The van der Waals surface area contributed by atoms with Crippen LogP contribution in [0.15, 0.2) is 22.1 Å². The molecule has 1 atom stereocenters. The van der Waals surface area contributed by atoms with E-state index in [1.807, 2.05) is 6.07 Å². The van der Waals surface area contributed by atoms with E-state index >= 15 is 0 Å². The Morgan fingerprint density at radius 1 is 1.38 bits per heavy atom. The van der Waals surface area contributed by atoms with Gasteiger partial charge in [0.1, 0.15) is 5.76 Å². The van der Waals surface area contributed by atoms with Crippen LogP contribution in [-0.2, 0) is 11.8 Å². The fourth-order valence-corrected chi connectivity index (χ4v) is 3.31. The van der Waals surface area contributed by atoms with Crippen molar-refractivity contribution in [1.82, 2.24) is 10.3 Å². The number of furan rings is 1. The molecule has 1 N–H and O–H groups in total. The van der Waals surface area contributed by atoms with Crippen LogP contribution in [0.1, 0.15) is 62.2 Å². The van der Waals surface area contributed by atoms with E-state index in [1.165, 1.54) is 16.3 Å². The minimum absolute atomic E-state index is 0.113. The molecule has 0 aliphatic rings. The smallest absolute Gasteiger partial charge is 0.123 e. The highest BCUT2D eigenvalue weighted by atomic mass is 32.1. The number of hydrogen-bond donors (Lipinski definition) is 1. The van der Waals surface area contributed by atoms with Gasteiger partial charge in [0.15, 0.2) is 0 Å². The van der Waals surface area contributed by atoms with Gasteiger partial charge in [0, 0.05) is 17.2 Å². The third-order valence-electron chi connectivity index (χ3n) is 3.56. The summed E-state index contributed by atoms with van der Waals surface area (Å²) >= 11 is 1.75. The highest BCUT2D eigenvalue weighted by Crippen LogP contribution is 2.28. The molecule has 0 bridgehead atoms. The second-order valence-corrected chi connectivity index (χ2v) is 7.50. The molecule has 0 fully saturated rings. The van der Waals surface area contributed by atoms with Gasteiger partial charge in [-0.3, -0.25) is 0 Å². The maximum Gasteiger partial charge on any atom is 0.123 e. The van der Waals surface area contributed by atoms with E-state index in [4.69, 9.17) is 9.40 Å². The SMILES string of the molecule is CCCNC(Cc1nc(C(C)(C)C)cs1)c1occc1C. The highest BCUT2D eigenvalue weighted by molar-refractivity contribution is 7.09. The molecule has 0 aliphatic carbocycles. The lowest BCUT2D eigenvalue weighted by Gasteiger charge is -2.17. The Morgan fingerprint density at radius 3 is 2.67 bits per heavy atom. The van der Waals surface area contributed by atoms with E-state index in [2.05, 4.69) is 45.3 Å². The minimum atomic E-state index is 0.113. The van der Waals surface area contributed by atoms with Crippen molar-refractivity contribution >= 4 is 11.3 Å². The summed E-state index contributed by atoms with van der Waals surface area (Å²) in [6, 6.07) is 2.23. The molecule has 0 saturated heterocycles. The molecule has 3 nitrogen and oxygen atoms in total. The van der Waals surface area contributed by atoms with Crippen molar-refractivity contribution in [3.8, 4) is 0 Å². The molecule has 2 heterocycles. The molecule has 2 rings (SSSR count). The Morgan fingerprint density at radius 2 is 2.14 bits per heavy atom. The summed E-state index contributed by atoms with van der Waals surface area (Å²) in [6.45, 7) is 11.9. The summed E-state index contributed by atoms with van der Waals surface area (Å²) in [6.07, 6.45) is 3.77. The van der Waals surface area contributed by atoms with E-state index in [0.29, 0.717) is 0 Å². The molecule has 1 unspecified atom stereocenters. The van der Waals surface area contributed by atoms with Gasteiger partial charge < -0.3 is 9.73 Å². The van der Waals surface area contributed by atoms with E-state index in [-0.39, 0.29) is 11.5 Å². The van der Waals surface area contributed by atoms with Gasteiger partial charge in [0.2, 0.25) is 0 Å². The lowest BCUT2D eigenvalue weighted by atomic mass is 9.93. The quantitative estimate of drug-likeness (QED) is 0.846. The standard InChI is InChI=1S/C17H26N2OS/c1-6-8-18-13(16-12(2)7-9-20-16)10-15-19-14(11-21-15)17(3,4)5/h7,9,11,13,18H,6,8,10H2,1-5H3. The fourth-order valence-electron chi connectivity index (χ4n) is 2.24. The monoisotopic (exact) mass is 306 g/mol. The highest BCUT2D eigenvalue weighted by Gasteiger charge is 2.21. The zero-order valence-corrected chi connectivity index (χ0v) is 14.5. The third kappa shape index (κ3) is 4.17. The number of aryl methyl sites for hydroxylation is 1. The van der Waals surface area contributed by atoms with Gasteiger partial charge >= 0.3 is 0 Å². The Balaban J connectivity index is 2.15. The van der Waals surface area contributed by atoms with Gasteiger partial charge in [0.25, 0.3) is 0 Å². The molecular weight excluding hydrogens is 280 g/mol. The molecule has 0 amide bonds. The third-order valence-corrected chi connectivity index (χ3v) is 4.43. The van der Waals surface area contributed by atoms with Gasteiger partial charge in [-0.15, -0.1) is 11.3 Å². The van der Waals surface area contributed by atoms with Crippen molar-refractivity contribution in [1.29, 1.82) is 0 Å². The fraction of sp³-hybridized carbons (Fsp3) is 0.588. The van der Waals surface area contributed by atoms with Crippen molar-refractivity contribution in [3.05, 3.63) is 39.7 Å². The maximum absolute atomic E-state index is 5.68. The molecule has 0 aromatic carbocycles. The van der Waals surface area contributed by atoms with Crippen LogP contribution < -0.4 is 5.32 Å². The zero-order valence-electron chi connectivity index (χ0n) is 13.7. The largest absolute Gasteiger partial charge is 0.467 e. The first kappa shape index (κ1) is 16.2. The Bertz CT molecular complexity index is 565. The number of hydrogen-bond acceptors (Lipinski definition) is 4. The molecule has 2 aromatic rings. The minimum Gasteiger partial charge on any atom is -0.467 e. The molecule has 4 heteroatoms. The first-order valence-electron chi connectivity index (χ1n) is 7.64. The van der Waals surface area contributed by atoms with Crippen LogP contribution in [0.4, 0.5) is 0 Å². The van der Waals surface area contributed by atoms with Crippen LogP contribution in [0, 0.1) is 6.92 Å². The molecule has 21 heavy (non-hydrogen) atoms.